The normalized spacial score (nSPS) is 15.7. The van der Waals surface area contributed by atoms with Crippen LogP contribution in [0.15, 0.2) is 53.4 Å². The fraction of sp³-hybridized carbons (Fsp3) is 0.435. The van der Waals surface area contributed by atoms with Gasteiger partial charge in [-0.3, -0.25) is 4.79 Å². The van der Waals surface area contributed by atoms with Gasteiger partial charge in [0.1, 0.15) is 0 Å². The summed E-state index contributed by atoms with van der Waals surface area (Å²) in [6, 6.07) is 14.6. The largest absolute Gasteiger partial charge is 0.339 e. The number of hydrogen-bond donors (Lipinski definition) is 0. The molecule has 0 atom stereocenters. The molecule has 0 N–H and O–H groups in total. The summed E-state index contributed by atoms with van der Waals surface area (Å²) in [5, 5.41) is 0.276. The highest BCUT2D eigenvalue weighted by atomic mass is 35.5. The zero-order chi connectivity index (χ0) is 21.9. The van der Waals surface area contributed by atoms with Gasteiger partial charge in [-0.2, -0.15) is 4.31 Å². The van der Waals surface area contributed by atoms with E-state index in [0.29, 0.717) is 19.0 Å². The molecule has 1 aliphatic heterocycles. The van der Waals surface area contributed by atoms with Crippen molar-refractivity contribution in [3.8, 4) is 0 Å². The van der Waals surface area contributed by atoms with E-state index in [1.165, 1.54) is 35.1 Å². The van der Waals surface area contributed by atoms with Gasteiger partial charge in [0.2, 0.25) is 10.0 Å². The Hall–Kier alpha value is -1.89. The second-order valence-corrected chi connectivity index (χ2v) is 10.6. The molecule has 0 saturated carbocycles. The predicted molar refractivity (Wildman–Crippen MR) is 120 cm³/mol. The Morgan fingerprint density at radius 2 is 1.77 bits per heavy atom. The van der Waals surface area contributed by atoms with E-state index in [0.717, 1.165) is 19.3 Å². The number of amides is 1. The number of carbonyl (C=O) groups is 1. The van der Waals surface area contributed by atoms with Crippen molar-refractivity contribution < 1.29 is 13.2 Å². The molecule has 0 bridgehead atoms. The molecular weight excluding hydrogens is 420 g/mol. The quantitative estimate of drug-likeness (QED) is 0.655. The molecule has 30 heavy (non-hydrogen) atoms. The Morgan fingerprint density at radius 1 is 1.13 bits per heavy atom. The number of hydrogen-bond acceptors (Lipinski definition) is 3. The van der Waals surface area contributed by atoms with E-state index in [1.807, 2.05) is 18.2 Å². The van der Waals surface area contributed by atoms with Crippen molar-refractivity contribution in [2.24, 2.45) is 5.92 Å². The predicted octanol–water partition coefficient (Wildman–Crippen LogP) is 4.46. The monoisotopic (exact) mass is 448 g/mol. The molecule has 1 amide bonds. The topological polar surface area (TPSA) is 57.7 Å². The average Bonchev–Trinajstić information content (AvgIpc) is 2.74. The molecule has 7 heteroatoms. The van der Waals surface area contributed by atoms with Crippen LogP contribution < -0.4 is 0 Å². The zero-order valence-corrected chi connectivity index (χ0v) is 19.3. The first kappa shape index (κ1) is 22.8. The van der Waals surface area contributed by atoms with Gasteiger partial charge in [-0.25, -0.2) is 8.42 Å². The number of likely N-dealkylation sites (tertiary alicyclic amines) is 1. The van der Waals surface area contributed by atoms with Crippen molar-refractivity contribution >= 4 is 27.5 Å². The third kappa shape index (κ3) is 5.05. The maximum absolute atomic E-state index is 13.1. The van der Waals surface area contributed by atoms with Crippen LogP contribution in [0.2, 0.25) is 5.02 Å². The molecule has 5 nitrogen and oxygen atoms in total. The van der Waals surface area contributed by atoms with Gasteiger partial charge >= 0.3 is 0 Å². The van der Waals surface area contributed by atoms with E-state index < -0.39 is 10.0 Å². The van der Waals surface area contributed by atoms with E-state index in [2.05, 4.69) is 12.1 Å². The lowest BCUT2D eigenvalue weighted by Crippen LogP contribution is -2.39. The molecule has 0 radical (unpaired) electrons. The van der Waals surface area contributed by atoms with Gasteiger partial charge in [0, 0.05) is 26.2 Å². The number of benzene rings is 2. The number of rotatable bonds is 6. The third-order valence-corrected chi connectivity index (χ3v) is 8.20. The van der Waals surface area contributed by atoms with Crippen LogP contribution in [0.25, 0.3) is 0 Å². The highest BCUT2D eigenvalue weighted by molar-refractivity contribution is 7.89. The van der Waals surface area contributed by atoms with Crippen LogP contribution in [0.1, 0.15) is 42.6 Å². The van der Waals surface area contributed by atoms with Crippen LogP contribution in [0.3, 0.4) is 0 Å². The van der Waals surface area contributed by atoms with Gasteiger partial charge in [0.05, 0.1) is 15.5 Å². The van der Waals surface area contributed by atoms with E-state index >= 15 is 0 Å². The summed E-state index contributed by atoms with van der Waals surface area (Å²) in [5.41, 5.74) is 1.56. The molecule has 0 spiro atoms. The first-order chi connectivity index (χ1) is 14.2. The summed E-state index contributed by atoms with van der Waals surface area (Å²) in [4.78, 5) is 15.0. The number of sulfonamides is 1. The second-order valence-electron chi connectivity index (χ2n) is 8.18. The van der Waals surface area contributed by atoms with Gasteiger partial charge in [0.15, 0.2) is 0 Å². The maximum Gasteiger partial charge on any atom is 0.255 e. The molecule has 1 saturated heterocycles. The standard InChI is InChI=1S/C23H29ClN2O3S/c1-17(2)25(3)30(28,29)20-9-10-22(24)21(16-20)23(27)26-13-11-19(12-14-26)15-18-7-5-4-6-8-18/h4-10,16-17,19H,11-15H2,1-3H3. The first-order valence-electron chi connectivity index (χ1n) is 10.3. The molecule has 0 aromatic heterocycles. The van der Waals surface area contributed by atoms with E-state index in [1.54, 1.807) is 18.7 Å². The fourth-order valence-electron chi connectivity index (χ4n) is 3.73. The van der Waals surface area contributed by atoms with Crippen molar-refractivity contribution in [2.45, 2.75) is 44.0 Å². The van der Waals surface area contributed by atoms with Crippen molar-refractivity contribution in [1.29, 1.82) is 0 Å². The van der Waals surface area contributed by atoms with Crippen LogP contribution in [-0.4, -0.2) is 49.7 Å². The van der Waals surface area contributed by atoms with Gasteiger partial charge in [0.25, 0.3) is 5.91 Å². The van der Waals surface area contributed by atoms with Crippen LogP contribution in [-0.2, 0) is 16.4 Å². The highest BCUT2D eigenvalue weighted by Gasteiger charge is 2.28. The number of halogens is 1. The molecule has 162 valence electrons. The molecule has 1 fully saturated rings. The third-order valence-electron chi connectivity index (χ3n) is 5.84. The molecular formula is C23H29ClN2O3S. The molecule has 1 aliphatic rings. The van der Waals surface area contributed by atoms with Crippen LogP contribution in [0, 0.1) is 5.92 Å². The molecule has 0 aliphatic carbocycles. The summed E-state index contributed by atoms with van der Waals surface area (Å²) in [7, 11) is -2.15. The molecule has 1 heterocycles. The maximum atomic E-state index is 13.1. The Bertz CT molecular complexity index is 985. The number of piperidine rings is 1. The average molecular weight is 449 g/mol. The van der Waals surface area contributed by atoms with Crippen molar-refractivity contribution in [2.75, 3.05) is 20.1 Å². The minimum Gasteiger partial charge on any atom is -0.339 e. The summed E-state index contributed by atoms with van der Waals surface area (Å²) >= 11 is 6.28. The number of nitrogens with zero attached hydrogens (tertiary/aromatic N) is 2. The SMILES string of the molecule is CC(C)N(C)S(=O)(=O)c1ccc(Cl)c(C(=O)N2CCC(Cc3ccccc3)CC2)c1. The fourth-order valence-corrected chi connectivity index (χ4v) is 5.32. The van der Waals surface area contributed by atoms with Gasteiger partial charge < -0.3 is 4.90 Å². The Balaban J connectivity index is 1.71. The minimum absolute atomic E-state index is 0.0883. The zero-order valence-electron chi connectivity index (χ0n) is 17.7. The highest BCUT2D eigenvalue weighted by Crippen LogP contribution is 2.27. The second kappa shape index (κ2) is 9.50. The van der Waals surface area contributed by atoms with Gasteiger partial charge in [-0.15, -0.1) is 0 Å². The lowest BCUT2D eigenvalue weighted by molar-refractivity contribution is 0.0690. The summed E-state index contributed by atoms with van der Waals surface area (Å²) in [5.74, 6) is 0.334. The molecule has 3 rings (SSSR count). The summed E-state index contributed by atoms with van der Waals surface area (Å²) in [6.45, 7) is 4.91. The van der Waals surface area contributed by atoms with Gasteiger partial charge in [-0.1, -0.05) is 41.9 Å². The lowest BCUT2D eigenvalue weighted by atomic mass is 9.90. The van der Waals surface area contributed by atoms with Crippen molar-refractivity contribution in [3.05, 3.63) is 64.7 Å². The van der Waals surface area contributed by atoms with E-state index in [4.69, 9.17) is 11.6 Å². The van der Waals surface area contributed by atoms with Crippen molar-refractivity contribution in [1.82, 2.24) is 9.21 Å². The van der Waals surface area contributed by atoms with Crippen LogP contribution in [0.5, 0.6) is 0 Å². The molecule has 2 aromatic rings. The Kier molecular flexibility index (Phi) is 7.22. The van der Waals surface area contributed by atoms with E-state index in [9.17, 15) is 13.2 Å². The smallest absolute Gasteiger partial charge is 0.255 e. The molecule has 0 unspecified atom stereocenters. The lowest BCUT2D eigenvalue weighted by Gasteiger charge is -2.32. The summed E-state index contributed by atoms with van der Waals surface area (Å²) in [6.07, 6.45) is 2.86. The van der Waals surface area contributed by atoms with Crippen molar-refractivity contribution in [3.63, 3.8) is 0 Å². The van der Waals surface area contributed by atoms with Crippen LogP contribution >= 0.6 is 11.6 Å². The minimum atomic E-state index is -3.68. The summed E-state index contributed by atoms with van der Waals surface area (Å²) < 4.78 is 26.9. The van der Waals surface area contributed by atoms with Crippen LogP contribution in [0.4, 0.5) is 0 Å². The van der Waals surface area contributed by atoms with Gasteiger partial charge in [-0.05, 0) is 62.8 Å². The van der Waals surface area contributed by atoms with E-state index in [-0.39, 0.29) is 27.4 Å². The first-order valence-corrected chi connectivity index (χ1v) is 12.1. The number of carbonyl (C=O) groups excluding carboxylic acids is 1. The molecule has 2 aromatic carbocycles. The Morgan fingerprint density at radius 3 is 2.37 bits per heavy atom. The Labute approximate surface area is 184 Å².